The average molecular weight is 350 g/mol. The molecule has 23 heavy (non-hydrogen) atoms. The number of nitrogens with zero attached hydrogens (tertiary/aromatic N) is 3. The molecule has 0 N–H and O–H groups in total. The molecule has 1 amide bonds. The maximum Gasteiger partial charge on any atom is 0.257 e. The highest BCUT2D eigenvalue weighted by Crippen LogP contribution is 2.21. The van der Waals surface area contributed by atoms with E-state index in [2.05, 4.69) is 9.97 Å². The second kappa shape index (κ2) is 6.85. The lowest BCUT2D eigenvalue weighted by atomic mass is 10.0. The number of amides is 1. The van der Waals surface area contributed by atoms with Crippen molar-refractivity contribution in [2.45, 2.75) is 32.2 Å². The first-order valence-electron chi connectivity index (χ1n) is 7.60. The molecular formula is C17H17Cl2N3O. The molecule has 0 spiro atoms. The second-order valence-electron chi connectivity index (χ2n) is 5.80. The third-order valence-corrected chi connectivity index (χ3v) is 4.53. The van der Waals surface area contributed by atoms with Gasteiger partial charge in [-0.15, -0.1) is 0 Å². The fourth-order valence-electron chi connectivity index (χ4n) is 2.59. The van der Waals surface area contributed by atoms with Crippen LogP contribution in [0.3, 0.4) is 0 Å². The minimum atomic E-state index is 0.0110. The van der Waals surface area contributed by atoms with Crippen LogP contribution >= 0.6 is 23.2 Å². The summed E-state index contributed by atoms with van der Waals surface area (Å²) >= 11 is 12.0. The molecule has 0 bridgehead atoms. The Morgan fingerprint density at radius 2 is 1.83 bits per heavy atom. The topological polar surface area (TPSA) is 46.1 Å². The SMILES string of the molecule is CC1CCN1C(=O)c1cnc(CCc2cc(Cl)cc(Cl)c2)nc1. The summed E-state index contributed by atoms with van der Waals surface area (Å²) in [7, 11) is 0. The smallest absolute Gasteiger partial charge is 0.257 e. The van der Waals surface area contributed by atoms with Crippen molar-refractivity contribution in [2.75, 3.05) is 6.54 Å². The Labute approximate surface area is 145 Å². The number of aryl methyl sites for hydroxylation is 2. The maximum atomic E-state index is 12.2. The summed E-state index contributed by atoms with van der Waals surface area (Å²) < 4.78 is 0. The fraction of sp³-hybridized carbons (Fsp3) is 0.353. The van der Waals surface area contributed by atoms with Crippen LogP contribution < -0.4 is 0 Å². The van der Waals surface area contributed by atoms with Gasteiger partial charge in [-0.05, 0) is 43.5 Å². The zero-order valence-corrected chi connectivity index (χ0v) is 14.3. The first-order valence-corrected chi connectivity index (χ1v) is 8.35. The maximum absolute atomic E-state index is 12.2. The zero-order valence-electron chi connectivity index (χ0n) is 12.8. The predicted octanol–water partition coefficient (Wildman–Crippen LogP) is 3.80. The van der Waals surface area contributed by atoms with Gasteiger partial charge in [0.1, 0.15) is 5.82 Å². The van der Waals surface area contributed by atoms with Crippen LogP contribution in [0.25, 0.3) is 0 Å². The van der Waals surface area contributed by atoms with Gasteiger partial charge in [0.2, 0.25) is 0 Å². The van der Waals surface area contributed by atoms with Crippen molar-refractivity contribution >= 4 is 29.1 Å². The molecule has 3 rings (SSSR count). The standard InChI is InChI=1S/C17H17Cl2N3O/c1-11-4-5-22(11)17(23)13-9-20-16(21-10-13)3-2-12-6-14(18)8-15(19)7-12/h6-11H,2-5H2,1H3. The van der Waals surface area contributed by atoms with Gasteiger partial charge in [0.25, 0.3) is 5.91 Å². The Bertz CT molecular complexity index is 698. The summed E-state index contributed by atoms with van der Waals surface area (Å²) in [6.45, 7) is 2.87. The first kappa shape index (κ1) is 16.2. The van der Waals surface area contributed by atoms with Gasteiger partial charge in [-0.1, -0.05) is 23.2 Å². The molecule has 2 aromatic rings. The van der Waals surface area contributed by atoms with Crippen LogP contribution in [0.4, 0.5) is 0 Å². The van der Waals surface area contributed by atoms with Crippen LogP contribution in [-0.2, 0) is 12.8 Å². The van der Waals surface area contributed by atoms with Crippen LogP contribution in [-0.4, -0.2) is 33.4 Å². The van der Waals surface area contributed by atoms with Crippen LogP contribution in [0.2, 0.25) is 10.0 Å². The van der Waals surface area contributed by atoms with Gasteiger partial charge in [0.05, 0.1) is 5.56 Å². The lowest BCUT2D eigenvalue weighted by Crippen LogP contribution is -2.49. The van der Waals surface area contributed by atoms with Crippen LogP contribution in [0.1, 0.15) is 35.1 Å². The number of rotatable bonds is 4. The monoisotopic (exact) mass is 349 g/mol. The highest BCUT2D eigenvalue weighted by Gasteiger charge is 2.29. The molecule has 4 nitrogen and oxygen atoms in total. The summed E-state index contributed by atoms with van der Waals surface area (Å²) in [6.07, 6.45) is 5.70. The molecule has 6 heteroatoms. The summed E-state index contributed by atoms with van der Waals surface area (Å²) in [5, 5.41) is 1.25. The van der Waals surface area contributed by atoms with Gasteiger partial charge in [0.15, 0.2) is 0 Å². The summed E-state index contributed by atoms with van der Waals surface area (Å²) in [6, 6.07) is 5.79. The van der Waals surface area contributed by atoms with Crippen molar-refractivity contribution < 1.29 is 4.79 Å². The number of halogens is 2. The van der Waals surface area contributed by atoms with E-state index < -0.39 is 0 Å². The second-order valence-corrected chi connectivity index (χ2v) is 6.67. The van der Waals surface area contributed by atoms with Crippen molar-refractivity contribution in [1.82, 2.24) is 14.9 Å². The van der Waals surface area contributed by atoms with Gasteiger partial charge in [-0.3, -0.25) is 4.79 Å². The summed E-state index contributed by atoms with van der Waals surface area (Å²) in [5.41, 5.74) is 1.59. The number of hydrogen-bond acceptors (Lipinski definition) is 3. The number of carbonyl (C=O) groups is 1. The molecule has 1 atom stereocenters. The van der Waals surface area contributed by atoms with Crippen molar-refractivity contribution in [1.29, 1.82) is 0 Å². The molecule has 1 fully saturated rings. The Kier molecular flexibility index (Phi) is 4.83. The van der Waals surface area contributed by atoms with Gasteiger partial charge in [-0.25, -0.2) is 9.97 Å². The Balaban J connectivity index is 1.62. The highest BCUT2D eigenvalue weighted by molar-refractivity contribution is 6.34. The van der Waals surface area contributed by atoms with Crippen LogP contribution in [0.5, 0.6) is 0 Å². The van der Waals surface area contributed by atoms with Gasteiger partial charge in [0, 0.05) is 41.4 Å². The minimum Gasteiger partial charge on any atom is -0.336 e. The molecule has 1 saturated heterocycles. The zero-order chi connectivity index (χ0) is 16.4. The minimum absolute atomic E-state index is 0.0110. The molecule has 1 aromatic carbocycles. The van der Waals surface area contributed by atoms with E-state index in [0.717, 1.165) is 24.9 Å². The van der Waals surface area contributed by atoms with E-state index >= 15 is 0 Å². The lowest BCUT2D eigenvalue weighted by Gasteiger charge is -2.38. The van der Waals surface area contributed by atoms with E-state index in [1.807, 2.05) is 24.0 Å². The summed E-state index contributed by atoms with van der Waals surface area (Å²) in [5.74, 6) is 0.714. The first-order chi connectivity index (χ1) is 11.0. The summed E-state index contributed by atoms with van der Waals surface area (Å²) in [4.78, 5) is 22.7. The average Bonchev–Trinajstić information content (AvgIpc) is 2.51. The number of likely N-dealkylation sites (tertiary alicyclic amines) is 1. The normalized spacial score (nSPS) is 17.0. The highest BCUT2D eigenvalue weighted by atomic mass is 35.5. The van der Waals surface area contributed by atoms with E-state index in [0.29, 0.717) is 33.9 Å². The molecular weight excluding hydrogens is 333 g/mol. The Hall–Kier alpha value is -1.65. The number of aromatic nitrogens is 2. The van der Waals surface area contributed by atoms with Gasteiger partial charge >= 0.3 is 0 Å². The van der Waals surface area contributed by atoms with E-state index in [-0.39, 0.29) is 5.91 Å². The van der Waals surface area contributed by atoms with Crippen molar-refractivity contribution in [2.24, 2.45) is 0 Å². The number of carbonyl (C=O) groups excluding carboxylic acids is 1. The van der Waals surface area contributed by atoms with E-state index in [4.69, 9.17) is 23.2 Å². The Morgan fingerprint density at radius 3 is 2.35 bits per heavy atom. The van der Waals surface area contributed by atoms with Crippen molar-refractivity contribution in [3.05, 3.63) is 57.6 Å². The quantitative estimate of drug-likeness (QED) is 0.843. The molecule has 2 heterocycles. The molecule has 0 aliphatic carbocycles. The van der Waals surface area contributed by atoms with E-state index in [1.54, 1.807) is 18.5 Å². The van der Waals surface area contributed by atoms with E-state index in [9.17, 15) is 4.79 Å². The van der Waals surface area contributed by atoms with Crippen molar-refractivity contribution in [3.8, 4) is 0 Å². The van der Waals surface area contributed by atoms with Crippen LogP contribution in [0, 0.1) is 0 Å². The molecule has 0 saturated carbocycles. The van der Waals surface area contributed by atoms with Crippen molar-refractivity contribution in [3.63, 3.8) is 0 Å². The van der Waals surface area contributed by atoms with E-state index in [1.165, 1.54) is 0 Å². The lowest BCUT2D eigenvalue weighted by molar-refractivity contribution is 0.0501. The molecule has 1 aliphatic heterocycles. The third kappa shape index (κ3) is 3.82. The molecule has 1 unspecified atom stereocenters. The fourth-order valence-corrected chi connectivity index (χ4v) is 3.16. The number of hydrogen-bond donors (Lipinski definition) is 0. The molecule has 120 valence electrons. The Morgan fingerprint density at radius 1 is 1.17 bits per heavy atom. The van der Waals surface area contributed by atoms with Gasteiger partial charge < -0.3 is 4.90 Å². The largest absolute Gasteiger partial charge is 0.336 e. The molecule has 0 radical (unpaired) electrons. The predicted molar refractivity (Wildman–Crippen MR) is 91.0 cm³/mol. The third-order valence-electron chi connectivity index (χ3n) is 4.09. The van der Waals surface area contributed by atoms with Crippen LogP contribution in [0.15, 0.2) is 30.6 Å². The molecule has 1 aromatic heterocycles. The number of benzene rings is 1. The van der Waals surface area contributed by atoms with Gasteiger partial charge in [-0.2, -0.15) is 0 Å². The molecule has 1 aliphatic rings.